The summed E-state index contributed by atoms with van der Waals surface area (Å²) in [4.78, 5) is 14.5. The van der Waals surface area contributed by atoms with Crippen molar-refractivity contribution >= 4 is 35.0 Å². The molecule has 0 radical (unpaired) electrons. The predicted octanol–water partition coefficient (Wildman–Crippen LogP) is 5.18. The fourth-order valence-electron chi connectivity index (χ4n) is 5.75. The molecule has 1 aliphatic carbocycles. The maximum absolute atomic E-state index is 9.34. The minimum absolute atomic E-state index is 0.000476. The van der Waals surface area contributed by atoms with Gasteiger partial charge in [-0.2, -0.15) is 4.98 Å². The van der Waals surface area contributed by atoms with Crippen LogP contribution in [0.15, 0.2) is 24.4 Å². The first-order valence-corrected chi connectivity index (χ1v) is 13.3. The summed E-state index contributed by atoms with van der Waals surface area (Å²) < 4.78 is 0. The second kappa shape index (κ2) is 10.2. The molecule has 3 fully saturated rings. The summed E-state index contributed by atoms with van der Waals surface area (Å²) >= 11 is 12.5. The van der Waals surface area contributed by atoms with Gasteiger partial charge in [-0.25, -0.2) is 4.98 Å². The zero-order valence-electron chi connectivity index (χ0n) is 20.1. The monoisotopic (exact) mass is 503 g/mol. The van der Waals surface area contributed by atoms with Crippen LogP contribution in [0.5, 0.6) is 0 Å². The van der Waals surface area contributed by atoms with Gasteiger partial charge in [0.25, 0.3) is 0 Å². The van der Waals surface area contributed by atoms with Crippen LogP contribution in [-0.2, 0) is 0 Å². The third-order valence-electron chi connectivity index (χ3n) is 8.08. The number of hydrogen-bond acceptors (Lipinski definition) is 6. The van der Waals surface area contributed by atoms with Gasteiger partial charge in [0.05, 0.1) is 6.04 Å². The minimum Gasteiger partial charge on any atom is -0.396 e. The van der Waals surface area contributed by atoms with E-state index >= 15 is 0 Å². The molecule has 2 unspecified atom stereocenters. The molecule has 8 heteroatoms. The van der Waals surface area contributed by atoms with Gasteiger partial charge >= 0.3 is 0 Å². The number of piperidine rings is 1. The molecule has 184 valence electrons. The Morgan fingerprint density at radius 1 is 1.18 bits per heavy atom. The highest BCUT2D eigenvalue weighted by molar-refractivity contribution is 6.35. The predicted molar refractivity (Wildman–Crippen MR) is 139 cm³/mol. The molecular weight excluding hydrogens is 469 g/mol. The van der Waals surface area contributed by atoms with E-state index in [2.05, 4.69) is 27.0 Å². The number of halogens is 2. The summed E-state index contributed by atoms with van der Waals surface area (Å²) in [7, 11) is 0. The van der Waals surface area contributed by atoms with E-state index in [0.29, 0.717) is 34.5 Å². The first kappa shape index (κ1) is 24.1. The number of hydrogen-bond donors (Lipinski definition) is 2. The summed E-state index contributed by atoms with van der Waals surface area (Å²) in [5, 5.41) is 14.1. The standard InChI is InChI=1S/C26H35Cl2N5O/c1-16-11-29-26(31-25(16)30-17(2)23-6-5-21(27)10-24(23)28)33-13-20(14-33)19-4-3-7-32(12-19)22-8-18(9-22)15-34/h5-6,10-11,17-20,22,34H,3-4,7-9,12-15H2,1-2H3,(H,29,30,31). The second-order valence-corrected chi connectivity index (χ2v) is 11.3. The normalized spacial score (nSPS) is 26.6. The van der Waals surface area contributed by atoms with E-state index < -0.39 is 0 Å². The first-order valence-electron chi connectivity index (χ1n) is 12.6. The average Bonchev–Trinajstić information content (AvgIpc) is 2.74. The lowest BCUT2D eigenvalue weighted by atomic mass is 9.76. The number of aliphatic hydroxyl groups is 1. The van der Waals surface area contributed by atoms with Gasteiger partial charge in [0.2, 0.25) is 5.95 Å². The molecule has 2 N–H and O–H groups in total. The van der Waals surface area contributed by atoms with Crippen molar-refractivity contribution in [3.63, 3.8) is 0 Å². The molecular formula is C26H35Cl2N5O. The van der Waals surface area contributed by atoms with Gasteiger partial charge in [-0.05, 0) is 81.5 Å². The highest BCUT2D eigenvalue weighted by Crippen LogP contribution is 2.38. The van der Waals surface area contributed by atoms with Crippen LogP contribution in [0.2, 0.25) is 10.0 Å². The number of likely N-dealkylation sites (tertiary alicyclic amines) is 1. The van der Waals surface area contributed by atoms with Gasteiger partial charge in [0, 0.05) is 54.1 Å². The molecule has 6 nitrogen and oxygen atoms in total. The van der Waals surface area contributed by atoms with Gasteiger partial charge in [0.1, 0.15) is 5.82 Å². The van der Waals surface area contributed by atoms with Crippen LogP contribution in [0, 0.1) is 24.7 Å². The molecule has 0 amide bonds. The van der Waals surface area contributed by atoms with Gasteiger partial charge in [-0.15, -0.1) is 0 Å². The van der Waals surface area contributed by atoms with Crippen LogP contribution in [-0.4, -0.2) is 58.8 Å². The average molecular weight is 505 g/mol. The van der Waals surface area contributed by atoms with Crippen molar-refractivity contribution in [2.24, 2.45) is 17.8 Å². The van der Waals surface area contributed by atoms with Gasteiger partial charge in [-0.1, -0.05) is 29.3 Å². The third-order valence-corrected chi connectivity index (χ3v) is 8.64. The van der Waals surface area contributed by atoms with E-state index in [9.17, 15) is 5.11 Å². The van der Waals surface area contributed by atoms with E-state index in [1.165, 1.54) is 38.8 Å². The minimum atomic E-state index is 0.000476. The number of rotatable bonds is 7. The Hall–Kier alpha value is -1.60. The van der Waals surface area contributed by atoms with E-state index in [1.807, 2.05) is 25.3 Å². The highest BCUT2D eigenvalue weighted by atomic mass is 35.5. The fourth-order valence-corrected chi connectivity index (χ4v) is 6.32. The summed E-state index contributed by atoms with van der Waals surface area (Å²) in [6, 6.07) is 6.29. The first-order chi connectivity index (χ1) is 16.4. The summed E-state index contributed by atoms with van der Waals surface area (Å²) in [5.74, 6) is 3.65. The van der Waals surface area contributed by atoms with E-state index in [1.54, 1.807) is 6.07 Å². The Balaban J connectivity index is 1.18. The molecule has 2 aliphatic heterocycles. The molecule has 2 atom stereocenters. The topological polar surface area (TPSA) is 64.5 Å². The largest absolute Gasteiger partial charge is 0.396 e. The van der Waals surface area contributed by atoms with E-state index in [4.69, 9.17) is 28.2 Å². The van der Waals surface area contributed by atoms with Crippen LogP contribution in [0.4, 0.5) is 11.8 Å². The molecule has 34 heavy (non-hydrogen) atoms. The number of aliphatic hydroxyl groups excluding tert-OH is 1. The number of aromatic nitrogens is 2. The molecule has 5 rings (SSSR count). The Morgan fingerprint density at radius 3 is 2.71 bits per heavy atom. The third kappa shape index (κ3) is 5.01. The Morgan fingerprint density at radius 2 is 1.97 bits per heavy atom. The Bertz CT molecular complexity index is 1010. The SMILES string of the molecule is Cc1cnc(N2CC(C3CCCN(C4CC(CO)C4)C3)C2)nc1NC(C)c1ccc(Cl)cc1Cl. The summed E-state index contributed by atoms with van der Waals surface area (Å²) in [6.07, 6.45) is 6.87. The van der Waals surface area contributed by atoms with Crippen LogP contribution < -0.4 is 10.2 Å². The second-order valence-electron chi connectivity index (χ2n) is 10.5. The van der Waals surface area contributed by atoms with Crippen molar-refractivity contribution in [2.45, 2.75) is 51.6 Å². The van der Waals surface area contributed by atoms with Gasteiger partial charge in [0.15, 0.2) is 0 Å². The molecule has 2 saturated heterocycles. The van der Waals surface area contributed by atoms with Crippen LogP contribution in [0.25, 0.3) is 0 Å². The van der Waals surface area contributed by atoms with Gasteiger partial charge in [-0.3, -0.25) is 0 Å². The number of anilines is 2. The lowest BCUT2D eigenvalue weighted by Crippen LogP contribution is -2.56. The lowest BCUT2D eigenvalue weighted by molar-refractivity contribution is 0.00777. The fraction of sp³-hybridized carbons (Fsp3) is 0.615. The molecule has 1 aromatic carbocycles. The van der Waals surface area contributed by atoms with E-state index in [-0.39, 0.29) is 6.04 Å². The zero-order chi connectivity index (χ0) is 23.8. The smallest absolute Gasteiger partial charge is 0.227 e. The molecule has 1 aromatic heterocycles. The number of benzene rings is 1. The van der Waals surface area contributed by atoms with Crippen molar-refractivity contribution in [3.05, 3.63) is 45.6 Å². The molecule has 0 bridgehead atoms. The van der Waals surface area contributed by atoms with Crippen LogP contribution in [0.3, 0.4) is 0 Å². The van der Waals surface area contributed by atoms with Crippen molar-refractivity contribution in [1.82, 2.24) is 14.9 Å². The lowest BCUT2D eigenvalue weighted by Gasteiger charge is -2.50. The summed E-state index contributed by atoms with van der Waals surface area (Å²) in [5.41, 5.74) is 2.01. The maximum atomic E-state index is 9.34. The van der Waals surface area contributed by atoms with Crippen molar-refractivity contribution in [1.29, 1.82) is 0 Å². The Kier molecular flexibility index (Phi) is 7.22. The molecule has 3 heterocycles. The maximum Gasteiger partial charge on any atom is 0.227 e. The number of nitrogens with zero attached hydrogens (tertiary/aromatic N) is 4. The number of aryl methyl sites for hydroxylation is 1. The van der Waals surface area contributed by atoms with Crippen LogP contribution >= 0.6 is 23.2 Å². The molecule has 1 saturated carbocycles. The Labute approximate surface area is 212 Å². The number of nitrogens with one attached hydrogen (secondary N) is 1. The molecule has 0 spiro atoms. The molecule has 3 aliphatic rings. The van der Waals surface area contributed by atoms with Crippen LogP contribution in [0.1, 0.15) is 49.8 Å². The highest BCUT2D eigenvalue weighted by Gasteiger charge is 2.40. The zero-order valence-corrected chi connectivity index (χ0v) is 21.6. The molecule has 2 aromatic rings. The van der Waals surface area contributed by atoms with Crippen molar-refractivity contribution in [2.75, 3.05) is 43.0 Å². The van der Waals surface area contributed by atoms with Crippen molar-refractivity contribution < 1.29 is 5.11 Å². The van der Waals surface area contributed by atoms with Crippen molar-refractivity contribution in [3.8, 4) is 0 Å². The summed E-state index contributed by atoms with van der Waals surface area (Å²) in [6.45, 7) is 8.95. The van der Waals surface area contributed by atoms with E-state index in [0.717, 1.165) is 41.9 Å². The van der Waals surface area contributed by atoms with Gasteiger partial charge < -0.3 is 20.2 Å². The quantitative estimate of drug-likeness (QED) is 0.542.